The predicted molar refractivity (Wildman–Crippen MR) is 89.5 cm³/mol. The number of nitrogens with one attached hydrogen (secondary N) is 2. The first-order chi connectivity index (χ1) is 10.1. The van der Waals surface area contributed by atoms with Gasteiger partial charge in [-0.15, -0.1) is 0 Å². The molecule has 2 rings (SSSR count). The van der Waals surface area contributed by atoms with Crippen molar-refractivity contribution in [1.29, 1.82) is 0 Å². The lowest BCUT2D eigenvalue weighted by Crippen LogP contribution is -2.28. The van der Waals surface area contributed by atoms with Gasteiger partial charge in [-0.2, -0.15) is 0 Å². The molecule has 0 aromatic heterocycles. The smallest absolute Gasteiger partial charge is 0.240 e. The molecule has 2 N–H and O–H groups in total. The van der Waals surface area contributed by atoms with E-state index in [2.05, 4.69) is 31.6 Å². The van der Waals surface area contributed by atoms with Crippen LogP contribution in [0.4, 0.5) is 5.69 Å². The molecule has 1 heterocycles. The van der Waals surface area contributed by atoms with E-state index >= 15 is 0 Å². The summed E-state index contributed by atoms with van der Waals surface area (Å²) in [4.78, 5) is 28.1. The number of thioether (sulfide) groups is 1. The summed E-state index contributed by atoms with van der Waals surface area (Å²) in [5.41, 5.74) is 0.700. The number of carbonyl (C=O) groups is 2. The van der Waals surface area contributed by atoms with E-state index in [9.17, 15) is 9.59 Å². The van der Waals surface area contributed by atoms with Gasteiger partial charge in [0.15, 0.2) is 5.17 Å². The third-order valence-corrected chi connectivity index (χ3v) is 4.59. The monoisotopic (exact) mass is 369 g/mol. The summed E-state index contributed by atoms with van der Waals surface area (Å²) in [5.74, 6) is -0.344. The van der Waals surface area contributed by atoms with Gasteiger partial charge in [-0.1, -0.05) is 30.8 Å². The van der Waals surface area contributed by atoms with E-state index in [4.69, 9.17) is 0 Å². The molecule has 1 aliphatic rings. The summed E-state index contributed by atoms with van der Waals surface area (Å²) in [7, 11) is 0. The van der Waals surface area contributed by atoms with Gasteiger partial charge < -0.3 is 10.6 Å². The van der Waals surface area contributed by atoms with Crippen molar-refractivity contribution in [2.75, 3.05) is 11.9 Å². The Morgan fingerprint density at radius 3 is 2.95 bits per heavy atom. The molecule has 0 aliphatic carbocycles. The summed E-state index contributed by atoms with van der Waals surface area (Å²) in [6, 6.07) is 7.36. The highest BCUT2D eigenvalue weighted by atomic mass is 79.9. The lowest BCUT2D eigenvalue weighted by atomic mass is 10.2. The second-order valence-corrected chi connectivity index (χ2v) is 6.56. The van der Waals surface area contributed by atoms with Crippen LogP contribution >= 0.6 is 27.7 Å². The Hall–Kier alpha value is -1.34. The maximum Gasteiger partial charge on any atom is 0.240 e. The Morgan fingerprint density at radius 2 is 2.24 bits per heavy atom. The second kappa shape index (κ2) is 7.61. The van der Waals surface area contributed by atoms with E-state index in [1.807, 2.05) is 25.1 Å². The van der Waals surface area contributed by atoms with Gasteiger partial charge in [-0.3, -0.25) is 14.6 Å². The lowest BCUT2D eigenvalue weighted by Gasteiger charge is -2.08. The minimum atomic E-state index is -0.414. The molecule has 1 fully saturated rings. The van der Waals surface area contributed by atoms with Crippen molar-refractivity contribution in [3.05, 3.63) is 28.7 Å². The van der Waals surface area contributed by atoms with E-state index in [0.29, 0.717) is 17.4 Å². The van der Waals surface area contributed by atoms with Gasteiger partial charge in [0.05, 0.1) is 5.69 Å². The Balaban J connectivity index is 1.91. The molecular formula is C14H16BrN3O2S. The molecule has 7 heteroatoms. The molecule has 2 amide bonds. The maximum absolute atomic E-state index is 12.0. The highest BCUT2D eigenvalue weighted by Gasteiger charge is 2.31. The van der Waals surface area contributed by atoms with Crippen molar-refractivity contribution in [1.82, 2.24) is 5.32 Å². The molecule has 1 saturated heterocycles. The summed E-state index contributed by atoms with van der Waals surface area (Å²) in [5, 5.41) is 5.70. The van der Waals surface area contributed by atoms with Gasteiger partial charge in [-0.25, -0.2) is 0 Å². The van der Waals surface area contributed by atoms with Crippen LogP contribution in [0, 0.1) is 0 Å². The van der Waals surface area contributed by atoms with E-state index in [-0.39, 0.29) is 18.2 Å². The van der Waals surface area contributed by atoms with Crippen LogP contribution in [0.3, 0.4) is 0 Å². The van der Waals surface area contributed by atoms with Crippen molar-refractivity contribution < 1.29 is 9.59 Å². The molecule has 1 aromatic rings. The van der Waals surface area contributed by atoms with Crippen LogP contribution in [0.5, 0.6) is 0 Å². The van der Waals surface area contributed by atoms with Crippen LogP contribution in [0.15, 0.2) is 33.7 Å². The van der Waals surface area contributed by atoms with Crippen LogP contribution in [0.25, 0.3) is 0 Å². The van der Waals surface area contributed by atoms with Gasteiger partial charge in [0.2, 0.25) is 11.8 Å². The topological polar surface area (TPSA) is 70.6 Å². The van der Waals surface area contributed by atoms with E-state index < -0.39 is 5.25 Å². The minimum Gasteiger partial charge on any atom is -0.325 e. The SMILES string of the molecule is CCCN=C1NC(=O)[C@H](CC(=O)Nc2ccccc2Br)S1. The van der Waals surface area contributed by atoms with Crippen LogP contribution in [-0.2, 0) is 9.59 Å². The summed E-state index contributed by atoms with van der Waals surface area (Å²) < 4.78 is 0.812. The molecule has 1 aromatic carbocycles. The van der Waals surface area contributed by atoms with Crippen molar-refractivity contribution in [3.8, 4) is 0 Å². The number of para-hydroxylation sites is 1. The van der Waals surface area contributed by atoms with Gasteiger partial charge in [0.25, 0.3) is 0 Å². The number of hydrogen-bond donors (Lipinski definition) is 2. The van der Waals surface area contributed by atoms with Gasteiger partial charge in [0.1, 0.15) is 5.25 Å². The Labute approximate surface area is 136 Å². The molecular weight excluding hydrogens is 354 g/mol. The first kappa shape index (κ1) is 16.0. The molecule has 0 bridgehead atoms. The summed E-state index contributed by atoms with van der Waals surface area (Å²) in [6.07, 6.45) is 1.05. The zero-order chi connectivity index (χ0) is 15.2. The van der Waals surface area contributed by atoms with Crippen molar-refractivity contribution in [3.63, 3.8) is 0 Å². The number of rotatable bonds is 5. The third kappa shape index (κ3) is 4.57. The summed E-state index contributed by atoms with van der Waals surface area (Å²) in [6.45, 7) is 2.70. The second-order valence-electron chi connectivity index (χ2n) is 4.51. The molecule has 21 heavy (non-hydrogen) atoms. The van der Waals surface area contributed by atoms with E-state index in [1.165, 1.54) is 11.8 Å². The molecule has 0 spiro atoms. The van der Waals surface area contributed by atoms with Gasteiger partial charge >= 0.3 is 0 Å². The van der Waals surface area contributed by atoms with E-state index in [0.717, 1.165) is 10.9 Å². The average Bonchev–Trinajstić information content (AvgIpc) is 2.79. The molecule has 0 radical (unpaired) electrons. The lowest BCUT2D eigenvalue weighted by molar-refractivity contribution is -0.122. The first-order valence-corrected chi connectivity index (χ1v) is 8.33. The van der Waals surface area contributed by atoms with Crippen molar-refractivity contribution >= 4 is 50.4 Å². The fourth-order valence-corrected chi connectivity index (χ4v) is 3.14. The van der Waals surface area contributed by atoms with Crippen LogP contribution < -0.4 is 10.6 Å². The van der Waals surface area contributed by atoms with Crippen LogP contribution in [-0.4, -0.2) is 28.8 Å². The Kier molecular flexibility index (Phi) is 5.81. The van der Waals surface area contributed by atoms with Crippen molar-refractivity contribution in [2.45, 2.75) is 25.0 Å². The predicted octanol–water partition coefficient (Wildman–Crippen LogP) is 2.78. The Morgan fingerprint density at radius 1 is 1.48 bits per heavy atom. The maximum atomic E-state index is 12.0. The molecule has 1 aliphatic heterocycles. The van der Waals surface area contributed by atoms with Crippen LogP contribution in [0.1, 0.15) is 19.8 Å². The standard InChI is InChI=1S/C14H16BrN3O2S/c1-2-7-16-14-18-13(20)11(21-14)8-12(19)17-10-6-4-3-5-9(10)15/h3-6,11H,2,7-8H2,1H3,(H,17,19)(H,16,18,20)/t11-/m0/s1. The fraction of sp³-hybridized carbons (Fsp3) is 0.357. The molecule has 5 nitrogen and oxygen atoms in total. The normalized spacial score (nSPS) is 19.6. The fourth-order valence-electron chi connectivity index (χ4n) is 1.76. The number of amides is 2. The summed E-state index contributed by atoms with van der Waals surface area (Å²) >= 11 is 4.69. The number of anilines is 1. The number of nitrogens with zero attached hydrogens (tertiary/aromatic N) is 1. The molecule has 1 atom stereocenters. The highest BCUT2D eigenvalue weighted by molar-refractivity contribution is 9.10. The van der Waals surface area contributed by atoms with Crippen LogP contribution in [0.2, 0.25) is 0 Å². The number of benzene rings is 1. The molecule has 0 unspecified atom stereocenters. The number of carbonyl (C=O) groups excluding carboxylic acids is 2. The minimum absolute atomic E-state index is 0.128. The number of aliphatic imine (C=N–C) groups is 1. The molecule has 0 saturated carbocycles. The van der Waals surface area contributed by atoms with Gasteiger partial charge in [-0.05, 0) is 34.5 Å². The average molecular weight is 370 g/mol. The Bertz CT molecular complexity index is 577. The zero-order valence-electron chi connectivity index (χ0n) is 11.6. The highest BCUT2D eigenvalue weighted by Crippen LogP contribution is 2.25. The number of halogens is 1. The first-order valence-electron chi connectivity index (χ1n) is 6.66. The van der Waals surface area contributed by atoms with Gasteiger partial charge in [0, 0.05) is 17.4 Å². The zero-order valence-corrected chi connectivity index (χ0v) is 14.0. The largest absolute Gasteiger partial charge is 0.325 e. The van der Waals surface area contributed by atoms with E-state index in [1.54, 1.807) is 6.07 Å². The van der Waals surface area contributed by atoms with Crippen molar-refractivity contribution in [2.24, 2.45) is 4.99 Å². The quantitative estimate of drug-likeness (QED) is 0.837. The number of hydrogen-bond acceptors (Lipinski definition) is 4. The number of amidine groups is 1. The third-order valence-electron chi connectivity index (χ3n) is 2.77. The molecule has 112 valence electrons.